The van der Waals surface area contributed by atoms with Crippen molar-refractivity contribution >= 4 is 5.69 Å². The Hall–Kier alpha value is -1.02. The molecule has 2 heterocycles. The third-order valence-corrected chi connectivity index (χ3v) is 4.39. The van der Waals surface area contributed by atoms with Crippen molar-refractivity contribution in [1.82, 2.24) is 5.32 Å². The molecule has 2 aliphatic rings. The maximum absolute atomic E-state index is 3.43. The first kappa shape index (κ1) is 11.1. The fraction of sp³-hybridized carbons (Fsp3) is 0.600. The maximum Gasteiger partial charge on any atom is 0.0426 e. The molecule has 1 N–H and O–H groups in total. The van der Waals surface area contributed by atoms with E-state index in [1.165, 1.54) is 55.0 Å². The van der Waals surface area contributed by atoms with Crippen molar-refractivity contribution in [1.29, 1.82) is 0 Å². The zero-order valence-electron chi connectivity index (χ0n) is 11.1. The zero-order chi connectivity index (χ0) is 12.0. The van der Waals surface area contributed by atoms with E-state index >= 15 is 0 Å². The molecule has 0 aliphatic carbocycles. The fourth-order valence-corrected chi connectivity index (χ4v) is 3.56. The smallest absolute Gasteiger partial charge is 0.0426 e. The van der Waals surface area contributed by atoms with E-state index in [1.807, 2.05) is 0 Å². The molecule has 0 atom stereocenters. The largest absolute Gasteiger partial charge is 0.370 e. The molecule has 0 aromatic heterocycles. The van der Waals surface area contributed by atoms with Crippen LogP contribution in [-0.4, -0.2) is 26.2 Å². The molecule has 0 saturated carbocycles. The van der Waals surface area contributed by atoms with Crippen LogP contribution in [0.3, 0.4) is 0 Å². The summed E-state index contributed by atoms with van der Waals surface area (Å²) in [5.41, 5.74) is 6.32. The summed E-state index contributed by atoms with van der Waals surface area (Å²) in [5, 5.41) is 3.43. The summed E-state index contributed by atoms with van der Waals surface area (Å²) in [6.45, 7) is 11.6. The van der Waals surface area contributed by atoms with Crippen molar-refractivity contribution in [3.63, 3.8) is 0 Å². The molecule has 0 radical (unpaired) electrons. The highest BCUT2D eigenvalue weighted by Crippen LogP contribution is 2.38. The van der Waals surface area contributed by atoms with E-state index in [1.54, 1.807) is 0 Å². The van der Waals surface area contributed by atoms with Crippen LogP contribution < -0.4 is 10.2 Å². The van der Waals surface area contributed by atoms with E-state index in [4.69, 9.17) is 0 Å². The maximum atomic E-state index is 3.43. The predicted molar refractivity (Wildman–Crippen MR) is 72.8 cm³/mol. The Kier molecular flexibility index (Phi) is 2.44. The average Bonchev–Trinajstić information content (AvgIpc) is 2.60. The minimum atomic E-state index is 0.587. The summed E-state index contributed by atoms with van der Waals surface area (Å²) in [6.07, 6.45) is 1.35. The fourth-order valence-electron chi connectivity index (χ4n) is 3.56. The molecule has 3 rings (SSSR count). The van der Waals surface area contributed by atoms with Crippen LogP contribution in [0.1, 0.15) is 23.1 Å². The van der Waals surface area contributed by atoms with Crippen LogP contribution >= 0.6 is 0 Å². The second kappa shape index (κ2) is 3.74. The second-order valence-corrected chi connectivity index (χ2v) is 6.02. The molecule has 0 unspecified atom stereocenters. The number of nitrogens with zero attached hydrogens (tertiary/aromatic N) is 1. The standard InChI is InChI=1S/C15H22N2/c1-11-6-12(2)14(13(3)7-11)17-5-4-15(10-17)8-16-9-15/h6-7,16H,4-5,8-10H2,1-3H3. The molecule has 2 heteroatoms. The van der Waals surface area contributed by atoms with Gasteiger partial charge in [-0.05, 0) is 38.3 Å². The van der Waals surface area contributed by atoms with Gasteiger partial charge in [0.2, 0.25) is 0 Å². The summed E-state index contributed by atoms with van der Waals surface area (Å²) in [4.78, 5) is 2.60. The molecule has 2 fully saturated rings. The Bertz CT molecular complexity index is 423. The van der Waals surface area contributed by atoms with Gasteiger partial charge in [-0.2, -0.15) is 0 Å². The summed E-state index contributed by atoms with van der Waals surface area (Å²) < 4.78 is 0. The molecule has 1 spiro atoms. The molecule has 2 nitrogen and oxygen atoms in total. The molecule has 92 valence electrons. The summed E-state index contributed by atoms with van der Waals surface area (Å²) in [7, 11) is 0. The van der Waals surface area contributed by atoms with Gasteiger partial charge < -0.3 is 10.2 Å². The lowest BCUT2D eigenvalue weighted by molar-refractivity contribution is 0.200. The molecule has 0 bridgehead atoms. The number of nitrogens with one attached hydrogen (secondary N) is 1. The first-order chi connectivity index (χ1) is 8.10. The number of rotatable bonds is 1. The lowest BCUT2D eigenvalue weighted by Crippen LogP contribution is -2.54. The van der Waals surface area contributed by atoms with Gasteiger partial charge in [0.05, 0.1) is 0 Å². The number of benzene rings is 1. The molecular weight excluding hydrogens is 208 g/mol. The Morgan fingerprint density at radius 2 is 1.76 bits per heavy atom. The topological polar surface area (TPSA) is 15.3 Å². The van der Waals surface area contributed by atoms with E-state index in [0.29, 0.717) is 5.41 Å². The minimum absolute atomic E-state index is 0.587. The molecule has 2 saturated heterocycles. The van der Waals surface area contributed by atoms with Crippen LogP contribution in [0.25, 0.3) is 0 Å². The Balaban J connectivity index is 1.90. The van der Waals surface area contributed by atoms with Gasteiger partial charge in [-0.1, -0.05) is 17.7 Å². The van der Waals surface area contributed by atoms with Crippen molar-refractivity contribution < 1.29 is 0 Å². The molecule has 1 aromatic rings. The van der Waals surface area contributed by atoms with E-state index in [-0.39, 0.29) is 0 Å². The summed E-state index contributed by atoms with van der Waals surface area (Å²) in [6, 6.07) is 4.62. The SMILES string of the molecule is Cc1cc(C)c(N2CCC3(CNC3)C2)c(C)c1. The number of aryl methyl sites for hydroxylation is 3. The van der Waals surface area contributed by atoms with Crippen LogP contribution in [0.4, 0.5) is 5.69 Å². The first-order valence-electron chi connectivity index (χ1n) is 6.63. The van der Waals surface area contributed by atoms with Crippen LogP contribution in [0.2, 0.25) is 0 Å². The van der Waals surface area contributed by atoms with Crippen molar-refractivity contribution in [2.24, 2.45) is 5.41 Å². The average molecular weight is 230 g/mol. The van der Waals surface area contributed by atoms with Crippen LogP contribution in [0, 0.1) is 26.2 Å². The quantitative estimate of drug-likeness (QED) is 0.797. The number of anilines is 1. The van der Waals surface area contributed by atoms with Gasteiger partial charge in [0.25, 0.3) is 0 Å². The molecule has 1 aromatic carbocycles. The summed E-state index contributed by atoms with van der Waals surface area (Å²) in [5.74, 6) is 0. The molecular formula is C15H22N2. The Morgan fingerprint density at radius 1 is 1.12 bits per heavy atom. The van der Waals surface area contributed by atoms with Gasteiger partial charge in [-0.3, -0.25) is 0 Å². The predicted octanol–water partition coefficient (Wildman–Crippen LogP) is 2.41. The van der Waals surface area contributed by atoms with Crippen LogP contribution in [0.5, 0.6) is 0 Å². The third kappa shape index (κ3) is 1.75. The van der Waals surface area contributed by atoms with Gasteiger partial charge in [-0.15, -0.1) is 0 Å². The highest BCUT2D eigenvalue weighted by atomic mass is 15.2. The number of hydrogen-bond donors (Lipinski definition) is 1. The van der Waals surface area contributed by atoms with Crippen molar-refractivity contribution in [2.75, 3.05) is 31.1 Å². The van der Waals surface area contributed by atoms with Crippen LogP contribution in [0.15, 0.2) is 12.1 Å². The monoisotopic (exact) mass is 230 g/mol. The van der Waals surface area contributed by atoms with Gasteiger partial charge in [0.1, 0.15) is 0 Å². The lowest BCUT2D eigenvalue weighted by Gasteiger charge is -2.39. The normalized spacial score (nSPS) is 21.9. The lowest BCUT2D eigenvalue weighted by atomic mass is 9.81. The highest BCUT2D eigenvalue weighted by molar-refractivity contribution is 5.61. The zero-order valence-corrected chi connectivity index (χ0v) is 11.1. The van der Waals surface area contributed by atoms with E-state index < -0.39 is 0 Å². The van der Waals surface area contributed by atoms with Crippen LogP contribution in [-0.2, 0) is 0 Å². The second-order valence-electron chi connectivity index (χ2n) is 6.02. The van der Waals surface area contributed by atoms with E-state index in [0.717, 1.165) is 0 Å². The number of hydrogen-bond acceptors (Lipinski definition) is 2. The first-order valence-corrected chi connectivity index (χ1v) is 6.63. The van der Waals surface area contributed by atoms with Gasteiger partial charge >= 0.3 is 0 Å². The van der Waals surface area contributed by atoms with Gasteiger partial charge in [0.15, 0.2) is 0 Å². The molecule has 2 aliphatic heterocycles. The van der Waals surface area contributed by atoms with Crippen molar-refractivity contribution in [3.05, 3.63) is 28.8 Å². The highest BCUT2D eigenvalue weighted by Gasteiger charge is 2.43. The minimum Gasteiger partial charge on any atom is -0.370 e. The third-order valence-electron chi connectivity index (χ3n) is 4.39. The van der Waals surface area contributed by atoms with E-state index in [9.17, 15) is 0 Å². The van der Waals surface area contributed by atoms with Gasteiger partial charge in [0, 0.05) is 37.3 Å². The van der Waals surface area contributed by atoms with Crippen molar-refractivity contribution in [2.45, 2.75) is 27.2 Å². The molecule has 17 heavy (non-hydrogen) atoms. The Morgan fingerprint density at radius 3 is 2.24 bits per heavy atom. The van der Waals surface area contributed by atoms with Gasteiger partial charge in [-0.25, -0.2) is 0 Å². The molecule has 0 amide bonds. The van der Waals surface area contributed by atoms with Crippen molar-refractivity contribution in [3.8, 4) is 0 Å². The summed E-state index contributed by atoms with van der Waals surface area (Å²) >= 11 is 0. The van der Waals surface area contributed by atoms with E-state index in [2.05, 4.69) is 43.1 Å². The Labute approximate surface area is 104 Å².